The third-order valence-corrected chi connectivity index (χ3v) is 4.69. The van der Waals surface area contributed by atoms with Gasteiger partial charge in [0, 0.05) is 19.5 Å². The van der Waals surface area contributed by atoms with E-state index in [9.17, 15) is 4.79 Å². The molecule has 3 rings (SSSR count). The molecule has 0 unspecified atom stereocenters. The summed E-state index contributed by atoms with van der Waals surface area (Å²) in [6.07, 6.45) is 3.74. The van der Waals surface area contributed by atoms with Crippen LogP contribution in [0.1, 0.15) is 43.7 Å². The number of carbonyl (C=O) groups is 1. The highest BCUT2D eigenvalue weighted by Crippen LogP contribution is 2.17. The van der Waals surface area contributed by atoms with Gasteiger partial charge in [0.05, 0.1) is 0 Å². The Morgan fingerprint density at radius 3 is 2.30 bits per heavy atom. The van der Waals surface area contributed by atoms with Gasteiger partial charge in [0.25, 0.3) is 0 Å². The van der Waals surface area contributed by atoms with E-state index < -0.39 is 0 Å². The minimum absolute atomic E-state index is 0.0974. The molecule has 0 aromatic heterocycles. The Hall–Kier alpha value is -2.65. The number of benzene rings is 3. The van der Waals surface area contributed by atoms with Crippen molar-refractivity contribution in [3.05, 3.63) is 83.9 Å². The molecule has 1 amide bonds. The minimum Gasteiger partial charge on any atom is -0.288 e. The van der Waals surface area contributed by atoms with Gasteiger partial charge < -0.3 is 0 Å². The maximum atomic E-state index is 12.4. The van der Waals surface area contributed by atoms with E-state index in [1.54, 1.807) is 0 Å². The lowest BCUT2D eigenvalue weighted by atomic mass is 10.1. The zero-order chi connectivity index (χ0) is 18.9. The summed E-state index contributed by atoms with van der Waals surface area (Å²) in [6.45, 7) is 3.52. The number of nitrogens with zero attached hydrogens (tertiary/aromatic N) is 1. The average molecular weight is 361 g/mol. The van der Waals surface area contributed by atoms with Gasteiger partial charge in [-0.3, -0.25) is 10.2 Å². The Bertz CT molecular complexity index is 860. The van der Waals surface area contributed by atoms with Gasteiger partial charge in [-0.2, -0.15) is 0 Å². The van der Waals surface area contributed by atoms with E-state index in [2.05, 4.69) is 66.9 Å². The first-order chi connectivity index (χ1) is 13.2. The lowest BCUT2D eigenvalue weighted by Crippen LogP contribution is -2.41. The highest BCUT2D eigenvalue weighted by molar-refractivity contribution is 5.83. The Balaban J connectivity index is 1.72. The Labute approximate surface area is 162 Å². The Morgan fingerprint density at radius 1 is 0.815 bits per heavy atom. The number of carbonyl (C=O) groups excluding carboxylic acids is 1. The van der Waals surface area contributed by atoms with Crippen molar-refractivity contribution in [1.29, 1.82) is 0 Å². The average Bonchev–Trinajstić information content (AvgIpc) is 2.69. The van der Waals surface area contributed by atoms with Gasteiger partial charge in [-0.25, -0.2) is 5.01 Å². The summed E-state index contributed by atoms with van der Waals surface area (Å²) in [5.41, 5.74) is 5.50. The van der Waals surface area contributed by atoms with Crippen molar-refractivity contribution in [3.8, 4) is 0 Å². The van der Waals surface area contributed by atoms with E-state index in [-0.39, 0.29) is 5.91 Å². The first-order valence-corrected chi connectivity index (χ1v) is 9.80. The molecule has 0 aliphatic rings. The largest absolute Gasteiger partial charge is 0.288 e. The normalized spacial score (nSPS) is 11.0. The van der Waals surface area contributed by atoms with Gasteiger partial charge >= 0.3 is 0 Å². The molecule has 3 aromatic rings. The molecule has 0 bridgehead atoms. The standard InChI is InChI=1S/C24H28N2O/c1-2-3-5-14-24(27)25-26(18-20-10-6-4-7-11-20)19-21-15-16-22-12-8-9-13-23(22)17-21/h4,6-13,15-17H,2-3,5,14,18-19H2,1H3,(H,25,27). The molecular formula is C24H28N2O. The summed E-state index contributed by atoms with van der Waals surface area (Å²) in [6, 6.07) is 25.1. The van der Waals surface area contributed by atoms with E-state index in [1.807, 2.05) is 23.2 Å². The molecule has 0 fully saturated rings. The van der Waals surface area contributed by atoms with E-state index in [0.29, 0.717) is 19.5 Å². The van der Waals surface area contributed by atoms with Crippen molar-refractivity contribution in [2.24, 2.45) is 0 Å². The number of rotatable bonds is 9. The molecule has 3 heteroatoms. The van der Waals surface area contributed by atoms with Crippen LogP contribution >= 0.6 is 0 Å². The lowest BCUT2D eigenvalue weighted by molar-refractivity contribution is -0.126. The quantitative estimate of drug-likeness (QED) is 0.406. The molecule has 0 spiro atoms. The second kappa shape index (κ2) is 9.89. The Kier molecular flexibility index (Phi) is 7.00. The maximum Gasteiger partial charge on any atom is 0.234 e. The second-order valence-electron chi connectivity index (χ2n) is 7.02. The van der Waals surface area contributed by atoms with Gasteiger partial charge in [0.2, 0.25) is 5.91 Å². The lowest BCUT2D eigenvalue weighted by Gasteiger charge is -2.24. The van der Waals surface area contributed by atoms with Gasteiger partial charge in [-0.05, 0) is 34.4 Å². The molecule has 1 N–H and O–H groups in total. The van der Waals surface area contributed by atoms with E-state index in [0.717, 1.165) is 19.3 Å². The molecule has 0 aliphatic carbocycles. The molecule has 3 nitrogen and oxygen atoms in total. The van der Waals surface area contributed by atoms with Crippen molar-refractivity contribution in [2.45, 2.75) is 45.7 Å². The summed E-state index contributed by atoms with van der Waals surface area (Å²) in [5.74, 6) is 0.0974. The number of fused-ring (bicyclic) bond motifs is 1. The molecule has 140 valence electrons. The molecule has 0 saturated carbocycles. The third-order valence-electron chi connectivity index (χ3n) is 4.69. The number of hydrazine groups is 1. The smallest absolute Gasteiger partial charge is 0.234 e. The van der Waals surface area contributed by atoms with Crippen LogP contribution in [-0.4, -0.2) is 10.9 Å². The molecule has 0 radical (unpaired) electrons. The molecule has 3 aromatic carbocycles. The van der Waals surface area contributed by atoms with Gasteiger partial charge in [0.15, 0.2) is 0 Å². The van der Waals surface area contributed by atoms with Crippen LogP contribution in [0.4, 0.5) is 0 Å². The fourth-order valence-electron chi connectivity index (χ4n) is 3.26. The van der Waals surface area contributed by atoms with Crippen LogP contribution < -0.4 is 5.43 Å². The van der Waals surface area contributed by atoms with Crippen molar-refractivity contribution in [3.63, 3.8) is 0 Å². The summed E-state index contributed by atoms with van der Waals surface area (Å²) < 4.78 is 0. The molecule has 0 atom stereocenters. The van der Waals surface area contributed by atoms with Crippen LogP contribution in [0.3, 0.4) is 0 Å². The van der Waals surface area contributed by atoms with Crippen LogP contribution in [0.25, 0.3) is 10.8 Å². The monoisotopic (exact) mass is 360 g/mol. The molecule has 0 heterocycles. The van der Waals surface area contributed by atoms with Crippen molar-refractivity contribution < 1.29 is 4.79 Å². The fourth-order valence-corrected chi connectivity index (χ4v) is 3.26. The predicted octanol–water partition coefficient (Wildman–Crippen LogP) is 5.45. The Morgan fingerprint density at radius 2 is 1.52 bits per heavy atom. The summed E-state index contributed by atoms with van der Waals surface area (Å²) in [4.78, 5) is 12.4. The number of hydrogen-bond acceptors (Lipinski definition) is 2. The third kappa shape index (κ3) is 5.93. The van der Waals surface area contributed by atoms with E-state index in [4.69, 9.17) is 0 Å². The SMILES string of the molecule is CCCCCC(=O)NN(Cc1ccccc1)Cc1ccc2ccccc2c1. The zero-order valence-corrected chi connectivity index (χ0v) is 16.0. The minimum atomic E-state index is 0.0974. The van der Waals surface area contributed by atoms with Crippen LogP contribution in [0, 0.1) is 0 Å². The van der Waals surface area contributed by atoms with Crippen molar-refractivity contribution in [1.82, 2.24) is 10.4 Å². The van der Waals surface area contributed by atoms with Crippen LogP contribution in [-0.2, 0) is 17.9 Å². The number of nitrogens with one attached hydrogen (secondary N) is 1. The van der Waals surface area contributed by atoms with Gasteiger partial charge in [0.1, 0.15) is 0 Å². The number of amides is 1. The fraction of sp³-hybridized carbons (Fsp3) is 0.292. The van der Waals surface area contributed by atoms with Crippen molar-refractivity contribution in [2.75, 3.05) is 0 Å². The summed E-state index contributed by atoms with van der Waals surface area (Å²) in [5, 5.41) is 4.48. The number of hydrogen-bond donors (Lipinski definition) is 1. The van der Waals surface area contributed by atoms with Crippen molar-refractivity contribution >= 4 is 16.7 Å². The van der Waals surface area contributed by atoms with Crippen LogP contribution in [0.15, 0.2) is 72.8 Å². The summed E-state index contributed by atoms with van der Waals surface area (Å²) in [7, 11) is 0. The van der Waals surface area contributed by atoms with Crippen LogP contribution in [0.2, 0.25) is 0 Å². The van der Waals surface area contributed by atoms with E-state index >= 15 is 0 Å². The van der Waals surface area contributed by atoms with Crippen LogP contribution in [0.5, 0.6) is 0 Å². The topological polar surface area (TPSA) is 32.3 Å². The first kappa shape index (κ1) is 19.1. The highest BCUT2D eigenvalue weighted by atomic mass is 16.2. The first-order valence-electron chi connectivity index (χ1n) is 9.80. The van der Waals surface area contributed by atoms with Gasteiger partial charge in [-0.1, -0.05) is 86.5 Å². The molecule has 0 aliphatic heterocycles. The summed E-state index contributed by atoms with van der Waals surface area (Å²) >= 11 is 0. The zero-order valence-electron chi connectivity index (χ0n) is 16.0. The number of unbranched alkanes of at least 4 members (excludes halogenated alkanes) is 2. The molecule has 27 heavy (non-hydrogen) atoms. The second-order valence-corrected chi connectivity index (χ2v) is 7.02. The molecule has 0 saturated heterocycles. The predicted molar refractivity (Wildman–Crippen MR) is 112 cm³/mol. The maximum absolute atomic E-state index is 12.4. The van der Waals surface area contributed by atoms with Gasteiger partial charge in [-0.15, -0.1) is 0 Å². The van der Waals surface area contributed by atoms with E-state index in [1.165, 1.54) is 21.9 Å². The highest BCUT2D eigenvalue weighted by Gasteiger charge is 2.11. The molecular weight excluding hydrogens is 332 g/mol.